The molecule has 3 rings (SSSR count). The molecule has 0 spiro atoms. The topological polar surface area (TPSA) is 91.7 Å². The van der Waals surface area contributed by atoms with Gasteiger partial charge in [-0.05, 0) is 46.3 Å². The van der Waals surface area contributed by atoms with Crippen molar-refractivity contribution in [1.82, 2.24) is 9.97 Å². The van der Waals surface area contributed by atoms with Crippen molar-refractivity contribution in [2.24, 2.45) is 0 Å². The first-order chi connectivity index (χ1) is 9.95. The lowest BCUT2D eigenvalue weighted by Gasteiger charge is -2.07. The molecule has 1 heterocycles. The molecule has 0 aliphatic carbocycles. The van der Waals surface area contributed by atoms with Crippen LogP contribution in [0.15, 0.2) is 39.6 Å². The maximum atomic E-state index is 12.6. The van der Waals surface area contributed by atoms with Gasteiger partial charge in [-0.25, -0.2) is 4.79 Å². The van der Waals surface area contributed by atoms with Crippen molar-refractivity contribution in [3.63, 3.8) is 0 Å². The summed E-state index contributed by atoms with van der Waals surface area (Å²) in [5, 5.41) is 0.323. The van der Waals surface area contributed by atoms with Gasteiger partial charge in [0.15, 0.2) is 5.78 Å². The first-order valence-electron chi connectivity index (χ1n) is 5.97. The maximum Gasteiger partial charge on any atom is 0.323 e. The van der Waals surface area contributed by atoms with Crippen molar-refractivity contribution in [3.05, 3.63) is 61.4 Å². The standard InChI is InChI=1S/C14H9BrClN3O2/c15-9-5-12-11(18-14(21)19-12)4-7(9)13(20)8-3-6(17)1-2-10(8)16/h1-5H,17H2,(H2,18,19,21). The van der Waals surface area contributed by atoms with Gasteiger partial charge in [0, 0.05) is 21.3 Å². The molecule has 0 fully saturated rings. The van der Waals surface area contributed by atoms with Gasteiger partial charge in [-0.2, -0.15) is 0 Å². The Morgan fingerprint density at radius 3 is 2.48 bits per heavy atom. The van der Waals surface area contributed by atoms with Crippen LogP contribution in [0.4, 0.5) is 5.69 Å². The van der Waals surface area contributed by atoms with Crippen LogP contribution < -0.4 is 11.4 Å². The number of nitrogens with one attached hydrogen (secondary N) is 2. The van der Waals surface area contributed by atoms with Gasteiger partial charge >= 0.3 is 5.69 Å². The zero-order valence-corrected chi connectivity index (χ0v) is 12.9. The minimum atomic E-state index is -0.330. The van der Waals surface area contributed by atoms with Crippen LogP contribution in [0.25, 0.3) is 11.0 Å². The third-order valence-corrected chi connectivity index (χ3v) is 4.07. The largest absolute Gasteiger partial charge is 0.399 e. The van der Waals surface area contributed by atoms with E-state index in [1.165, 1.54) is 6.07 Å². The van der Waals surface area contributed by atoms with E-state index in [0.29, 0.717) is 37.3 Å². The molecule has 0 saturated carbocycles. The van der Waals surface area contributed by atoms with E-state index in [-0.39, 0.29) is 11.5 Å². The van der Waals surface area contributed by atoms with Gasteiger partial charge in [0.25, 0.3) is 0 Å². The van der Waals surface area contributed by atoms with E-state index < -0.39 is 0 Å². The molecule has 0 aliphatic heterocycles. The number of fused-ring (bicyclic) bond motifs is 1. The van der Waals surface area contributed by atoms with Crippen LogP contribution in [0.2, 0.25) is 5.02 Å². The number of aromatic amines is 2. The highest BCUT2D eigenvalue weighted by molar-refractivity contribution is 9.10. The second kappa shape index (κ2) is 5.05. The summed E-state index contributed by atoms with van der Waals surface area (Å²) in [5.41, 5.74) is 7.69. The van der Waals surface area contributed by atoms with Gasteiger partial charge in [-0.1, -0.05) is 11.6 Å². The summed E-state index contributed by atoms with van der Waals surface area (Å²) in [7, 11) is 0. The van der Waals surface area contributed by atoms with Gasteiger partial charge in [0.1, 0.15) is 0 Å². The number of rotatable bonds is 2. The van der Waals surface area contributed by atoms with Crippen molar-refractivity contribution in [1.29, 1.82) is 0 Å². The molecule has 0 unspecified atom stereocenters. The van der Waals surface area contributed by atoms with Crippen LogP contribution in [0.1, 0.15) is 15.9 Å². The number of carbonyl (C=O) groups excluding carboxylic acids is 1. The summed E-state index contributed by atoms with van der Waals surface area (Å²) in [5.74, 6) is -0.275. The van der Waals surface area contributed by atoms with Crippen molar-refractivity contribution in [2.45, 2.75) is 0 Å². The molecule has 2 aromatic carbocycles. The lowest BCUT2D eigenvalue weighted by molar-refractivity contribution is 0.103. The number of nitrogen functional groups attached to an aromatic ring is 1. The van der Waals surface area contributed by atoms with Crippen molar-refractivity contribution in [2.75, 3.05) is 5.73 Å². The summed E-state index contributed by atoms with van der Waals surface area (Å²) in [6.07, 6.45) is 0. The maximum absolute atomic E-state index is 12.6. The van der Waals surface area contributed by atoms with Gasteiger partial charge in [0.05, 0.1) is 16.1 Å². The fraction of sp³-hybridized carbons (Fsp3) is 0. The predicted octanol–water partition coefficient (Wildman–Crippen LogP) is 3.09. The molecular weight excluding hydrogens is 358 g/mol. The fourth-order valence-electron chi connectivity index (χ4n) is 2.09. The van der Waals surface area contributed by atoms with Crippen LogP contribution in [-0.4, -0.2) is 15.8 Å². The zero-order valence-electron chi connectivity index (χ0n) is 10.5. The van der Waals surface area contributed by atoms with Crippen molar-refractivity contribution < 1.29 is 4.79 Å². The Labute approximate surface area is 132 Å². The molecule has 0 radical (unpaired) electrons. The van der Waals surface area contributed by atoms with E-state index in [2.05, 4.69) is 25.9 Å². The molecule has 21 heavy (non-hydrogen) atoms. The highest BCUT2D eigenvalue weighted by Gasteiger charge is 2.17. The number of nitrogens with two attached hydrogens (primary N) is 1. The van der Waals surface area contributed by atoms with E-state index in [0.717, 1.165) is 0 Å². The second-order valence-corrected chi connectivity index (χ2v) is 5.79. The van der Waals surface area contributed by atoms with Gasteiger partial charge in [0.2, 0.25) is 0 Å². The molecule has 7 heteroatoms. The first-order valence-corrected chi connectivity index (χ1v) is 7.14. The Morgan fingerprint density at radius 1 is 1.10 bits per heavy atom. The molecule has 0 aliphatic rings. The van der Waals surface area contributed by atoms with E-state index in [4.69, 9.17) is 17.3 Å². The average molecular weight is 367 g/mol. The molecule has 3 aromatic rings. The molecule has 0 atom stereocenters. The summed E-state index contributed by atoms with van der Waals surface area (Å²) >= 11 is 9.40. The van der Waals surface area contributed by atoms with Crippen LogP contribution >= 0.6 is 27.5 Å². The Kier molecular flexibility index (Phi) is 3.35. The normalized spacial score (nSPS) is 11.0. The lowest BCUT2D eigenvalue weighted by atomic mass is 10.0. The molecule has 1 aromatic heterocycles. The number of hydrogen-bond acceptors (Lipinski definition) is 3. The lowest BCUT2D eigenvalue weighted by Crippen LogP contribution is -2.04. The number of imidazole rings is 1. The number of benzene rings is 2. The predicted molar refractivity (Wildman–Crippen MR) is 85.9 cm³/mol. The summed E-state index contributed by atoms with van der Waals surface area (Å²) in [6.45, 7) is 0. The Hall–Kier alpha value is -2.05. The first kappa shape index (κ1) is 13.9. The van der Waals surface area contributed by atoms with Crippen LogP contribution in [0, 0.1) is 0 Å². The molecule has 5 nitrogen and oxygen atoms in total. The van der Waals surface area contributed by atoms with Gasteiger partial charge < -0.3 is 15.7 Å². The SMILES string of the molecule is Nc1ccc(Cl)c(C(=O)c2cc3[nH]c(=O)[nH]c3cc2Br)c1. The van der Waals surface area contributed by atoms with Crippen LogP contribution in [-0.2, 0) is 0 Å². The number of aromatic nitrogens is 2. The summed E-state index contributed by atoms with van der Waals surface area (Å²) in [4.78, 5) is 29.2. The van der Waals surface area contributed by atoms with Crippen LogP contribution in [0.3, 0.4) is 0 Å². The molecule has 106 valence electrons. The Morgan fingerprint density at radius 2 is 1.76 bits per heavy atom. The van der Waals surface area contributed by atoms with Crippen molar-refractivity contribution in [3.8, 4) is 0 Å². The Balaban J connectivity index is 2.19. The number of H-pyrrole nitrogens is 2. The number of ketones is 1. The van der Waals surface area contributed by atoms with E-state index >= 15 is 0 Å². The van der Waals surface area contributed by atoms with Crippen LogP contribution in [0.5, 0.6) is 0 Å². The number of hydrogen-bond donors (Lipinski definition) is 3. The average Bonchev–Trinajstić information content (AvgIpc) is 2.79. The highest BCUT2D eigenvalue weighted by Crippen LogP contribution is 2.28. The minimum Gasteiger partial charge on any atom is -0.399 e. The third-order valence-electron chi connectivity index (χ3n) is 3.08. The molecule has 0 amide bonds. The highest BCUT2D eigenvalue weighted by atomic mass is 79.9. The van der Waals surface area contributed by atoms with E-state index in [9.17, 15) is 9.59 Å². The summed E-state index contributed by atoms with van der Waals surface area (Å²) in [6, 6.07) is 8.00. The molecule has 4 N–H and O–H groups in total. The fourth-order valence-corrected chi connectivity index (χ4v) is 2.82. The second-order valence-electron chi connectivity index (χ2n) is 4.53. The van der Waals surface area contributed by atoms with Crippen molar-refractivity contribution >= 4 is 50.0 Å². The van der Waals surface area contributed by atoms with E-state index in [1.807, 2.05) is 0 Å². The molecule has 0 saturated heterocycles. The summed E-state index contributed by atoms with van der Waals surface area (Å²) < 4.78 is 0.564. The number of carbonyl (C=O) groups is 1. The monoisotopic (exact) mass is 365 g/mol. The van der Waals surface area contributed by atoms with Gasteiger partial charge in [-0.15, -0.1) is 0 Å². The smallest absolute Gasteiger partial charge is 0.323 e. The number of anilines is 1. The zero-order chi connectivity index (χ0) is 15.1. The van der Waals surface area contributed by atoms with Gasteiger partial charge in [-0.3, -0.25) is 4.79 Å². The number of halogens is 2. The Bertz CT molecular complexity index is 930. The molecule has 0 bridgehead atoms. The third kappa shape index (κ3) is 2.48. The van der Waals surface area contributed by atoms with E-state index in [1.54, 1.807) is 24.3 Å². The minimum absolute atomic E-state index is 0.275. The molecular formula is C14H9BrClN3O2. The quantitative estimate of drug-likeness (QED) is 0.481.